The second-order valence-corrected chi connectivity index (χ2v) is 7.22. The van der Waals surface area contributed by atoms with Crippen molar-refractivity contribution in [2.24, 2.45) is 0 Å². The first-order chi connectivity index (χ1) is 10.3. The number of halogens is 2. The quantitative estimate of drug-likeness (QED) is 0.687. The standard InChI is InChI=1S/C17H18Br2N2O/c1-9(13-7-11(18)3-5-15(13)20)17(22)10(2)14-8-12(19)4-6-16(14)21/h3-10H,20-21H2,1-2H3. The van der Waals surface area contributed by atoms with Crippen molar-refractivity contribution in [1.29, 1.82) is 0 Å². The molecule has 0 saturated carbocycles. The Balaban J connectivity index is 2.34. The van der Waals surface area contributed by atoms with Crippen LogP contribution in [0.2, 0.25) is 0 Å². The topological polar surface area (TPSA) is 69.1 Å². The highest BCUT2D eigenvalue weighted by Crippen LogP contribution is 2.33. The number of ketones is 1. The highest BCUT2D eigenvalue weighted by atomic mass is 79.9. The van der Waals surface area contributed by atoms with Crippen molar-refractivity contribution in [2.75, 3.05) is 11.5 Å². The van der Waals surface area contributed by atoms with Crippen LogP contribution in [0.4, 0.5) is 11.4 Å². The van der Waals surface area contributed by atoms with Gasteiger partial charge in [0.05, 0.1) is 0 Å². The molecule has 0 aliphatic carbocycles. The van der Waals surface area contributed by atoms with Gasteiger partial charge >= 0.3 is 0 Å². The lowest BCUT2D eigenvalue weighted by Crippen LogP contribution is -2.18. The minimum absolute atomic E-state index is 0.0922. The van der Waals surface area contributed by atoms with Crippen LogP contribution >= 0.6 is 31.9 Å². The Kier molecular flexibility index (Phi) is 5.29. The number of hydrogen-bond acceptors (Lipinski definition) is 3. The van der Waals surface area contributed by atoms with Gasteiger partial charge in [-0.05, 0) is 47.5 Å². The monoisotopic (exact) mass is 424 g/mol. The lowest BCUT2D eigenvalue weighted by atomic mass is 9.84. The normalized spacial score (nSPS) is 13.6. The Hall–Kier alpha value is -1.33. The van der Waals surface area contributed by atoms with E-state index in [4.69, 9.17) is 11.5 Å². The average molecular weight is 426 g/mol. The van der Waals surface area contributed by atoms with Crippen LogP contribution in [0.3, 0.4) is 0 Å². The van der Waals surface area contributed by atoms with Crippen LogP contribution in [-0.2, 0) is 4.79 Å². The first-order valence-corrected chi connectivity index (χ1v) is 8.53. The Labute approximate surface area is 147 Å². The molecular weight excluding hydrogens is 408 g/mol. The molecule has 116 valence electrons. The zero-order valence-corrected chi connectivity index (χ0v) is 15.6. The SMILES string of the molecule is CC(C(=O)C(C)c1cc(Br)ccc1N)c1cc(Br)ccc1N. The summed E-state index contributed by atoms with van der Waals surface area (Å²) < 4.78 is 1.82. The Morgan fingerprint density at radius 2 is 1.23 bits per heavy atom. The molecule has 0 aromatic heterocycles. The first kappa shape index (κ1) is 17.0. The fourth-order valence-electron chi connectivity index (χ4n) is 2.52. The molecule has 0 spiro atoms. The van der Waals surface area contributed by atoms with Gasteiger partial charge in [-0.25, -0.2) is 0 Å². The van der Waals surface area contributed by atoms with Crippen LogP contribution in [0.15, 0.2) is 45.3 Å². The summed E-state index contributed by atoms with van der Waals surface area (Å²) in [6.45, 7) is 3.76. The second kappa shape index (κ2) is 6.84. The Morgan fingerprint density at radius 3 is 1.59 bits per heavy atom. The molecule has 3 nitrogen and oxygen atoms in total. The number of nitrogen functional groups attached to an aromatic ring is 2. The summed E-state index contributed by atoms with van der Waals surface area (Å²) in [5, 5.41) is 0. The van der Waals surface area contributed by atoms with Gasteiger partial charge in [0, 0.05) is 32.2 Å². The number of Topliss-reactive ketones (excluding diaryl/α,β-unsaturated/α-hetero) is 1. The number of anilines is 2. The van der Waals surface area contributed by atoms with Crippen LogP contribution in [0.25, 0.3) is 0 Å². The molecule has 2 unspecified atom stereocenters. The lowest BCUT2D eigenvalue weighted by molar-refractivity contribution is -0.121. The predicted molar refractivity (Wildman–Crippen MR) is 98.9 cm³/mol. The number of hydrogen-bond donors (Lipinski definition) is 2. The van der Waals surface area contributed by atoms with Crippen molar-refractivity contribution in [2.45, 2.75) is 25.7 Å². The van der Waals surface area contributed by atoms with Gasteiger partial charge in [-0.15, -0.1) is 0 Å². The van der Waals surface area contributed by atoms with E-state index in [1.807, 2.05) is 38.1 Å². The zero-order chi connectivity index (χ0) is 16.4. The van der Waals surface area contributed by atoms with E-state index in [2.05, 4.69) is 31.9 Å². The van der Waals surface area contributed by atoms with Gasteiger partial charge in [0.1, 0.15) is 5.78 Å². The van der Waals surface area contributed by atoms with E-state index in [9.17, 15) is 4.79 Å². The molecule has 4 N–H and O–H groups in total. The molecule has 2 aromatic rings. The minimum Gasteiger partial charge on any atom is -0.398 e. The second-order valence-electron chi connectivity index (χ2n) is 5.39. The maximum absolute atomic E-state index is 12.8. The van der Waals surface area contributed by atoms with Gasteiger partial charge in [0.25, 0.3) is 0 Å². The predicted octanol–water partition coefficient (Wildman–Crippen LogP) is 4.85. The summed E-state index contributed by atoms with van der Waals surface area (Å²) >= 11 is 6.85. The van der Waals surface area contributed by atoms with Crippen molar-refractivity contribution in [1.82, 2.24) is 0 Å². The number of nitrogens with two attached hydrogens (primary N) is 2. The van der Waals surface area contributed by atoms with Crippen molar-refractivity contribution >= 4 is 49.0 Å². The van der Waals surface area contributed by atoms with Crippen LogP contribution < -0.4 is 11.5 Å². The number of rotatable bonds is 4. The van der Waals surface area contributed by atoms with Crippen LogP contribution in [0.5, 0.6) is 0 Å². The lowest BCUT2D eigenvalue weighted by Gasteiger charge is -2.20. The largest absolute Gasteiger partial charge is 0.398 e. The maximum Gasteiger partial charge on any atom is 0.147 e. The molecule has 0 fully saturated rings. The van der Waals surface area contributed by atoms with E-state index in [0.717, 1.165) is 20.1 Å². The average Bonchev–Trinajstić information content (AvgIpc) is 2.50. The molecule has 0 aliphatic heterocycles. The first-order valence-electron chi connectivity index (χ1n) is 6.94. The molecule has 0 aliphatic rings. The third-order valence-electron chi connectivity index (χ3n) is 3.88. The fraction of sp³-hybridized carbons (Fsp3) is 0.235. The zero-order valence-electron chi connectivity index (χ0n) is 12.4. The van der Waals surface area contributed by atoms with Gasteiger partial charge in [0.2, 0.25) is 0 Å². The summed E-state index contributed by atoms with van der Waals surface area (Å²) in [7, 11) is 0. The highest BCUT2D eigenvalue weighted by molar-refractivity contribution is 9.10. The van der Waals surface area contributed by atoms with E-state index < -0.39 is 0 Å². The number of benzene rings is 2. The fourth-order valence-corrected chi connectivity index (χ4v) is 3.28. The van der Waals surface area contributed by atoms with E-state index in [1.54, 1.807) is 12.1 Å². The summed E-state index contributed by atoms with van der Waals surface area (Å²) in [5.41, 5.74) is 14.9. The summed E-state index contributed by atoms with van der Waals surface area (Å²) in [6, 6.07) is 11.1. The molecule has 2 atom stereocenters. The molecular formula is C17H18Br2N2O. The smallest absolute Gasteiger partial charge is 0.147 e. The minimum atomic E-state index is -0.300. The maximum atomic E-state index is 12.8. The molecule has 0 saturated heterocycles. The van der Waals surface area contributed by atoms with Crippen molar-refractivity contribution in [3.8, 4) is 0 Å². The molecule has 5 heteroatoms. The van der Waals surface area contributed by atoms with Crippen LogP contribution in [0, 0.1) is 0 Å². The third kappa shape index (κ3) is 3.52. The van der Waals surface area contributed by atoms with E-state index in [0.29, 0.717) is 11.4 Å². The summed E-state index contributed by atoms with van der Waals surface area (Å²) in [5.74, 6) is -0.508. The van der Waals surface area contributed by atoms with Gasteiger partial charge in [-0.2, -0.15) is 0 Å². The van der Waals surface area contributed by atoms with Gasteiger partial charge in [-0.1, -0.05) is 45.7 Å². The molecule has 22 heavy (non-hydrogen) atoms. The van der Waals surface area contributed by atoms with Gasteiger partial charge in [-0.3, -0.25) is 4.79 Å². The van der Waals surface area contributed by atoms with Crippen molar-refractivity contribution < 1.29 is 4.79 Å². The summed E-state index contributed by atoms with van der Waals surface area (Å²) in [4.78, 5) is 12.8. The van der Waals surface area contributed by atoms with Crippen molar-refractivity contribution in [3.05, 3.63) is 56.5 Å². The number of carbonyl (C=O) groups is 1. The van der Waals surface area contributed by atoms with Crippen LogP contribution in [0.1, 0.15) is 36.8 Å². The van der Waals surface area contributed by atoms with Gasteiger partial charge in [0.15, 0.2) is 0 Å². The molecule has 0 bridgehead atoms. The summed E-state index contributed by atoms with van der Waals surface area (Å²) in [6.07, 6.45) is 0. The van der Waals surface area contributed by atoms with Crippen molar-refractivity contribution in [3.63, 3.8) is 0 Å². The Morgan fingerprint density at radius 1 is 0.864 bits per heavy atom. The number of carbonyl (C=O) groups excluding carboxylic acids is 1. The van der Waals surface area contributed by atoms with E-state index in [-0.39, 0.29) is 17.6 Å². The van der Waals surface area contributed by atoms with Gasteiger partial charge < -0.3 is 11.5 Å². The molecule has 0 radical (unpaired) electrons. The highest BCUT2D eigenvalue weighted by Gasteiger charge is 2.25. The van der Waals surface area contributed by atoms with E-state index >= 15 is 0 Å². The van der Waals surface area contributed by atoms with E-state index in [1.165, 1.54) is 0 Å². The Bertz CT molecular complexity index is 656. The molecule has 2 aromatic carbocycles. The molecule has 0 heterocycles. The molecule has 0 amide bonds. The third-order valence-corrected chi connectivity index (χ3v) is 4.87. The van der Waals surface area contributed by atoms with Crippen LogP contribution in [-0.4, -0.2) is 5.78 Å². The molecule has 2 rings (SSSR count).